The van der Waals surface area contributed by atoms with Crippen LogP contribution in [0.5, 0.6) is 5.75 Å². The van der Waals surface area contributed by atoms with Crippen molar-refractivity contribution in [2.75, 3.05) is 26.9 Å². The number of ether oxygens (including phenoxy) is 1. The number of aromatic nitrogens is 2. The number of fused-ring (bicyclic) bond motifs is 1. The lowest BCUT2D eigenvalue weighted by molar-refractivity contribution is 0.242. The highest BCUT2D eigenvalue weighted by Crippen LogP contribution is 2.37. The van der Waals surface area contributed by atoms with Crippen LogP contribution in [0.3, 0.4) is 0 Å². The summed E-state index contributed by atoms with van der Waals surface area (Å²) in [7, 11) is 4.65. The average Bonchev–Trinajstić information content (AvgIpc) is 3.57. The number of hydrogen-bond acceptors (Lipinski definition) is 7. The van der Waals surface area contributed by atoms with Crippen molar-refractivity contribution in [1.29, 1.82) is 5.26 Å². The Morgan fingerprint density at radius 1 is 1.24 bits per heavy atom. The van der Waals surface area contributed by atoms with Crippen LogP contribution in [0.2, 0.25) is 0 Å². The number of aryl methyl sites for hydroxylation is 1. The molecule has 37 heavy (non-hydrogen) atoms. The van der Waals surface area contributed by atoms with Crippen LogP contribution in [-0.4, -0.2) is 52.3 Å². The van der Waals surface area contributed by atoms with Crippen molar-refractivity contribution < 1.29 is 8.95 Å². The first-order valence-corrected chi connectivity index (χ1v) is 14.4. The second kappa shape index (κ2) is 13.5. The maximum Gasteiger partial charge on any atom is 0.148 e. The van der Waals surface area contributed by atoms with Crippen LogP contribution < -0.4 is 9.46 Å². The lowest BCUT2D eigenvalue weighted by Crippen LogP contribution is -2.22. The van der Waals surface area contributed by atoms with Crippen LogP contribution in [-0.2, 0) is 23.8 Å². The van der Waals surface area contributed by atoms with Gasteiger partial charge in [-0.2, -0.15) is 5.26 Å². The van der Waals surface area contributed by atoms with Gasteiger partial charge in [0.15, 0.2) is 0 Å². The van der Waals surface area contributed by atoms with Crippen LogP contribution in [0.1, 0.15) is 43.9 Å². The molecule has 1 atom stereocenters. The molecule has 1 aliphatic carbocycles. The molecule has 0 fully saturated rings. The first-order chi connectivity index (χ1) is 17.8. The lowest BCUT2D eigenvalue weighted by Gasteiger charge is -2.15. The van der Waals surface area contributed by atoms with Gasteiger partial charge in [0.05, 0.1) is 28.4 Å². The summed E-state index contributed by atoms with van der Waals surface area (Å²) in [4.78, 5) is 1.97. The summed E-state index contributed by atoms with van der Waals surface area (Å²) in [6, 6.07) is 14.3. The molecule has 1 heterocycles. The molecule has 196 valence electrons. The standard InChI is InChI=1S/C21H19N3OS.C7H16N2OS/c1-13(2)25-19-10-9-15(11-16(19)12-22)20-23-24-21(26-20)18-8-4-6-14-5-3-7-17(14)18;1-5-7(9(3)4)6-11(10)8-2/h4,6,8-11,13H,3,5,7H2,1-2H3;5,8H,6H2,1-4H3/b;7-5+. The molecule has 0 saturated carbocycles. The molecule has 0 bridgehead atoms. The smallest absolute Gasteiger partial charge is 0.148 e. The van der Waals surface area contributed by atoms with Crippen LogP contribution in [0.25, 0.3) is 21.1 Å². The van der Waals surface area contributed by atoms with Gasteiger partial charge in [-0.25, -0.2) is 8.93 Å². The molecule has 7 nitrogen and oxygen atoms in total. The molecule has 0 spiro atoms. The van der Waals surface area contributed by atoms with Crippen LogP contribution in [0.15, 0.2) is 48.2 Å². The first kappa shape index (κ1) is 28.5. The van der Waals surface area contributed by atoms with Gasteiger partial charge in [-0.1, -0.05) is 35.6 Å². The first-order valence-electron chi connectivity index (χ1n) is 12.3. The van der Waals surface area contributed by atoms with Crippen molar-refractivity contribution in [2.45, 2.75) is 46.1 Å². The van der Waals surface area contributed by atoms with E-state index >= 15 is 0 Å². The van der Waals surface area contributed by atoms with Crippen LogP contribution in [0.4, 0.5) is 0 Å². The molecule has 3 aromatic rings. The Kier molecular flexibility index (Phi) is 10.4. The van der Waals surface area contributed by atoms with E-state index in [1.165, 1.54) is 23.1 Å². The van der Waals surface area contributed by atoms with Crippen molar-refractivity contribution in [3.05, 3.63) is 64.9 Å². The van der Waals surface area contributed by atoms with E-state index < -0.39 is 11.0 Å². The molecule has 2 aromatic carbocycles. The third kappa shape index (κ3) is 7.48. The number of nitrogens with one attached hydrogen (secondary N) is 1. The van der Waals surface area contributed by atoms with Gasteiger partial charge < -0.3 is 9.64 Å². The predicted octanol–water partition coefficient (Wildman–Crippen LogP) is 5.35. The maximum atomic E-state index is 11.0. The molecular weight excluding hydrogens is 502 g/mol. The zero-order valence-electron chi connectivity index (χ0n) is 22.4. The molecular formula is C28H35N5O2S2. The van der Waals surface area contributed by atoms with Gasteiger partial charge in [0.1, 0.15) is 21.8 Å². The molecule has 0 aliphatic heterocycles. The van der Waals surface area contributed by atoms with E-state index in [9.17, 15) is 9.47 Å². The molecule has 9 heteroatoms. The zero-order valence-corrected chi connectivity index (χ0v) is 24.0. The number of nitrogens with zero attached hydrogens (tertiary/aromatic N) is 4. The van der Waals surface area contributed by atoms with Crippen molar-refractivity contribution in [2.24, 2.45) is 0 Å². The number of benzene rings is 2. The van der Waals surface area contributed by atoms with E-state index in [1.807, 2.05) is 64.0 Å². The number of nitriles is 1. The van der Waals surface area contributed by atoms with Crippen molar-refractivity contribution in [3.8, 4) is 33.0 Å². The van der Waals surface area contributed by atoms with E-state index in [2.05, 4.69) is 39.2 Å². The minimum absolute atomic E-state index is 0.0289. The third-order valence-corrected chi connectivity index (χ3v) is 7.94. The maximum absolute atomic E-state index is 11.0. The second-order valence-electron chi connectivity index (χ2n) is 9.07. The number of allylic oxidation sites excluding steroid dienone is 1. The lowest BCUT2D eigenvalue weighted by atomic mass is 10.0. The Labute approximate surface area is 226 Å². The van der Waals surface area contributed by atoms with Gasteiger partial charge in [0, 0.05) is 30.9 Å². The minimum Gasteiger partial charge on any atom is -0.490 e. The molecule has 1 aromatic heterocycles. The number of rotatable bonds is 8. The van der Waals surface area contributed by atoms with Gasteiger partial charge >= 0.3 is 0 Å². The Bertz CT molecular complexity index is 1310. The quantitative estimate of drug-likeness (QED) is 0.416. The van der Waals surface area contributed by atoms with Crippen LogP contribution >= 0.6 is 11.3 Å². The average molecular weight is 538 g/mol. The molecule has 1 aliphatic rings. The van der Waals surface area contributed by atoms with Gasteiger partial charge in [-0.15, -0.1) is 10.2 Å². The minimum atomic E-state index is -0.937. The molecule has 0 saturated heterocycles. The monoisotopic (exact) mass is 537 g/mol. The SMILES string of the molecule is C/C=C(\CS(=O)NC)N(C)C.CC(C)Oc1ccc(-c2nnc(-c3cccc4c3CCC4)s2)cc1C#N. The largest absolute Gasteiger partial charge is 0.490 e. The van der Waals surface area contributed by atoms with Crippen molar-refractivity contribution in [3.63, 3.8) is 0 Å². The Hall–Kier alpha value is -3.06. The molecule has 0 radical (unpaired) electrons. The third-order valence-electron chi connectivity index (χ3n) is 5.93. The summed E-state index contributed by atoms with van der Waals surface area (Å²) in [6.45, 7) is 5.84. The fraction of sp³-hybridized carbons (Fsp3) is 0.393. The van der Waals surface area contributed by atoms with E-state index in [0.717, 1.165) is 34.1 Å². The van der Waals surface area contributed by atoms with Crippen molar-refractivity contribution in [1.82, 2.24) is 19.8 Å². The summed E-state index contributed by atoms with van der Waals surface area (Å²) >= 11 is 1.57. The highest BCUT2D eigenvalue weighted by Gasteiger charge is 2.19. The Morgan fingerprint density at radius 2 is 2.00 bits per heavy atom. The van der Waals surface area contributed by atoms with Crippen molar-refractivity contribution >= 4 is 22.3 Å². The van der Waals surface area contributed by atoms with Gasteiger partial charge in [-0.3, -0.25) is 0 Å². The highest BCUT2D eigenvalue weighted by atomic mass is 32.2. The summed E-state index contributed by atoms with van der Waals surface area (Å²) in [6.07, 6.45) is 5.47. The Balaban J connectivity index is 0.000000295. The van der Waals surface area contributed by atoms with Crippen LogP contribution in [0, 0.1) is 11.3 Å². The van der Waals surface area contributed by atoms with Gasteiger partial charge in [0.25, 0.3) is 0 Å². The normalized spacial score (nSPS) is 13.4. The fourth-order valence-corrected chi connectivity index (χ4v) is 5.78. The van der Waals surface area contributed by atoms with E-state index in [1.54, 1.807) is 18.4 Å². The topological polar surface area (TPSA) is 91.1 Å². The van der Waals surface area contributed by atoms with Gasteiger partial charge in [0.2, 0.25) is 0 Å². The Morgan fingerprint density at radius 3 is 2.65 bits per heavy atom. The molecule has 1 unspecified atom stereocenters. The molecule has 0 amide bonds. The highest BCUT2D eigenvalue weighted by molar-refractivity contribution is 7.83. The molecule has 4 rings (SSSR count). The van der Waals surface area contributed by atoms with Gasteiger partial charge in [-0.05, 0) is 76.4 Å². The zero-order chi connectivity index (χ0) is 26.9. The predicted molar refractivity (Wildman–Crippen MR) is 153 cm³/mol. The summed E-state index contributed by atoms with van der Waals surface area (Å²) in [5.74, 6) is 1.18. The summed E-state index contributed by atoms with van der Waals surface area (Å²) in [5.41, 5.74) is 6.54. The number of hydrogen-bond donors (Lipinski definition) is 1. The summed E-state index contributed by atoms with van der Waals surface area (Å²) < 4.78 is 19.4. The van der Waals surface area contributed by atoms with E-state index in [4.69, 9.17) is 4.74 Å². The summed E-state index contributed by atoms with van der Waals surface area (Å²) in [5, 5.41) is 20.0. The van der Waals surface area contributed by atoms with E-state index in [0.29, 0.717) is 17.1 Å². The van der Waals surface area contributed by atoms with E-state index in [-0.39, 0.29) is 6.10 Å². The second-order valence-corrected chi connectivity index (χ2v) is 11.4. The fourth-order valence-electron chi connectivity index (χ4n) is 4.05. The molecule has 1 N–H and O–H groups in total.